The maximum absolute atomic E-state index is 11.8. The van der Waals surface area contributed by atoms with E-state index in [1.807, 2.05) is 22.6 Å². The summed E-state index contributed by atoms with van der Waals surface area (Å²) in [5.74, 6) is -1.52. The van der Waals surface area contributed by atoms with Gasteiger partial charge in [0, 0.05) is 10.7 Å². The standard InChI is InChI=1S/C16H13ClIN3O4/c1-25-13-6-9(5-12(18)14(13)22)8-19-21-16(24)15(23)20-11-4-2-3-10(17)7-11/h2-8,22H,1H3,(H,20,23)(H,21,24)/b19-8-. The highest BCUT2D eigenvalue weighted by molar-refractivity contribution is 14.1. The highest BCUT2D eigenvalue weighted by atomic mass is 127. The number of nitrogens with one attached hydrogen (secondary N) is 2. The Kier molecular flexibility index (Phi) is 6.59. The maximum atomic E-state index is 11.8. The van der Waals surface area contributed by atoms with E-state index in [1.54, 1.807) is 30.3 Å². The van der Waals surface area contributed by atoms with Gasteiger partial charge in [-0.15, -0.1) is 0 Å². The lowest BCUT2D eigenvalue weighted by molar-refractivity contribution is -0.136. The number of anilines is 1. The average molecular weight is 474 g/mol. The number of halogens is 2. The number of methoxy groups -OCH3 is 1. The first-order chi connectivity index (χ1) is 11.9. The molecule has 0 aliphatic carbocycles. The smallest absolute Gasteiger partial charge is 0.329 e. The van der Waals surface area contributed by atoms with Crippen LogP contribution in [0.3, 0.4) is 0 Å². The predicted molar refractivity (Wildman–Crippen MR) is 103 cm³/mol. The zero-order valence-corrected chi connectivity index (χ0v) is 15.8. The second-order valence-electron chi connectivity index (χ2n) is 4.72. The molecule has 0 heterocycles. The number of amides is 2. The first-order valence-electron chi connectivity index (χ1n) is 6.87. The van der Waals surface area contributed by atoms with Crippen molar-refractivity contribution in [2.75, 3.05) is 12.4 Å². The summed E-state index contributed by atoms with van der Waals surface area (Å²) in [6.07, 6.45) is 1.33. The van der Waals surface area contributed by atoms with Crippen LogP contribution in [0.15, 0.2) is 41.5 Å². The number of hydrazone groups is 1. The first kappa shape index (κ1) is 19.0. The van der Waals surface area contributed by atoms with Crippen LogP contribution in [0.1, 0.15) is 5.56 Å². The summed E-state index contributed by atoms with van der Waals surface area (Å²) in [6, 6.07) is 9.59. The molecule has 0 atom stereocenters. The molecule has 0 saturated carbocycles. The van der Waals surface area contributed by atoms with Crippen molar-refractivity contribution in [2.24, 2.45) is 5.10 Å². The summed E-state index contributed by atoms with van der Waals surface area (Å²) in [7, 11) is 1.42. The molecule has 2 aromatic rings. The van der Waals surface area contributed by atoms with Gasteiger partial charge in [0.2, 0.25) is 0 Å². The summed E-state index contributed by atoms with van der Waals surface area (Å²) < 4.78 is 5.59. The molecule has 0 spiro atoms. The molecule has 0 aliphatic heterocycles. The Morgan fingerprint density at radius 2 is 2.04 bits per heavy atom. The molecule has 7 nitrogen and oxygen atoms in total. The monoisotopic (exact) mass is 473 g/mol. The van der Waals surface area contributed by atoms with Crippen molar-refractivity contribution in [3.63, 3.8) is 0 Å². The Labute approximate surface area is 162 Å². The molecule has 0 saturated heterocycles. The summed E-state index contributed by atoms with van der Waals surface area (Å²) in [4.78, 5) is 23.5. The number of nitrogens with zero attached hydrogens (tertiary/aromatic N) is 1. The second-order valence-corrected chi connectivity index (χ2v) is 6.32. The molecule has 3 N–H and O–H groups in total. The number of ether oxygens (including phenoxy) is 1. The number of rotatable bonds is 4. The van der Waals surface area contributed by atoms with Gasteiger partial charge in [0.25, 0.3) is 0 Å². The Balaban J connectivity index is 1.98. The normalized spacial score (nSPS) is 10.5. The topological polar surface area (TPSA) is 100 Å². The third-order valence-corrected chi connectivity index (χ3v) is 4.00. The maximum Gasteiger partial charge on any atom is 0.329 e. The molecule has 0 bridgehead atoms. The van der Waals surface area contributed by atoms with E-state index in [9.17, 15) is 14.7 Å². The van der Waals surface area contributed by atoms with Gasteiger partial charge in [-0.3, -0.25) is 9.59 Å². The van der Waals surface area contributed by atoms with Crippen molar-refractivity contribution >= 4 is 57.9 Å². The molecule has 9 heteroatoms. The van der Waals surface area contributed by atoms with Crippen LogP contribution in [-0.4, -0.2) is 30.2 Å². The van der Waals surface area contributed by atoms with Crippen LogP contribution in [0.5, 0.6) is 11.5 Å². The van der Waals surface area contributed by atoms with Gasteiger partial charge < -0.3 is 15.2 Å². The van der Waals surface area contributed by atoms with E-state index >= 15 is 0 Å². The van der Waals surface area contributed by atoms with Gasteiger partial charge in [-0.05, 0) is 58.5 Å². The van der Waals surface area contributed by atoms with E-state index in [1.165, 1.54) is 19.4 Å². The third-order valence-electron chi connectivity index (χ3n) is 2.94. The van der Waals surface area contributed by atoms with E-state index in [2.05, 4.69) is 15.8 Å². The van der Waals surface area contributed by atoms with Gasteiger partial charge in [0.05, 0.1) is 16.9 Å². The zero-order chi connectivity index (χ0) is 18.4. The molecule has 0 aromatic heterocycles. The minimum absolute atomic E-state index is 0.0187. The Morgan fingerprint density at radius 3 is 2.72 bits per heavy atom. The van der Waals surface area contributed by atoms with E-state index < -0.39 is 11.8 Å². The molecule has 0 radical (unpaired) electrons. The van der Waals surface area contributed by atoms with Crippen LogP contribution in [0.4, 0.5) is 5.69 Å². The molecule has 130 valence electrons. The number of aromatic hydroxyl groups is 1. The van der Waals surface area contributed by atoms with Crippen molar-refractivity contribution in [3.8, 4) is 11.5 Å². The van der Waals surface area contributed by atoms with E-state index in [4.69, 9.17) is 16.3 Å². The van der Waals surface area contributed by atoms with Gasteiger partial charge in [0.1, 0.15) is 0 Å². The van der Waals surface area contributed by atoms with Gasteiger partial charge >= 0.3 is 11.8 Å². The lowest BCUT2D eigenvalue weighted by Crippen LogP contribution is -2.32. The largest absolute Gasteiger partial charge is 0.504 e. The number of hydrogen-bond acceptors (Lipinski definition) is 5. The van der Waals surface area contributed by atoms with Crippen molar-refractivity contribution < 1.29 is 19.4 Å². The fraction of sp³-hybridized carbons (Fsp3) is 0.0625. The Morgan fingerprint density at radius 1 is 1.28 bits per heavy atom. The van der Waals surface area contributed by atoms with Crippen LogP contribution in [0.2, 0.25) is 5.02 Å². The van der Waals surface area contributed by atoms with Crippen molar-refractivity contribution in [1.29, 1.82) is 0 Å². The number of carbonyl (C=O) groups excluding carboxylic acids is 2. The van der Waals surface area contributed by atoms with Crippen molar-refractivity contribution in [3.05, 3.63) is 50.6 Å². The van der Waals surface area contributed by atoms with Crippen LogP contribution < -0.4 is 15.5 Å². The van der Waals surface area contributed by atoms with Gasteiger partial charge in [-0.25, -0.2) is 5.43 Å². The number of carbonyl (C=O) groups is 2. The van der Waals surface area contributed by atoms with E-state index in [-0.39, 0.29) is 11.5 Å². The van der Waals surface area contributed by atoms with Gasteiger partial charge in [0.15, 0.2) is 11.5 Å². The number of phenolic OH excluding ortho intramolecular Hbond substituents is 1. The summed E-state index contributed by atoms with van der Waals surface area (Å²) >= 11 is 7.74. The quantitative estimate of drug-likeness (QED) is 0.275. The molecule has 2 amide bonds. The third kappa shape index (κ3) is 5.33. The average Bonchev–Trinajstić information content (AvgIpc) is 2.57. The van der Waals surface area contributed by atoms with Crippen LogP contribution in [-0.2, 0) is 9.59 Å². The summed E-state index contributed by atoms with van der Waals surface area (Å²) in [5, 5.41) is 16.3. The zero-order valence-electron chi connectivity index (χ0n) is 12.9. The molecule has 0 unspecified atom stereocenters. The number of benzene rings is 2. The number of phenols is 1. The lowest BCUT2D eigenvalue weighted by Gasteiger charge is -2.06. The van der Waals surface area contributed by atoms with Crippen molar-refractivity contribution in [1.82, 2.24) is 5.43 Å². The minimum atomic E-state index is -0.934. The Bertz CT molecular complexity index is 842. The van der Waals surface area contributed by atoms with E-state index in [0.717, 1.165) is 0 Å². The fourth-order valence-electron chi connectivity index (χ4n) is 1.79. The SMILES string of the molecule is COc1cc(/C=N\NC(=O)C(=O)Nc2cccc(Cl)c2)cc(I)c1O. The minimum Gasteiger partial charge on any atom is -0.504 e. The second kappa shape index (κ2) is 8.67. The van der Waals surface area contributed by atoms with E-state index in [0.29, 0.717) is 19.8 Å². The van der Waals surface area contributed by atoms with Crippen LogP contribution in [0.25, 0.3) is 0 Å². The molecule has 0 aliphatic rings. The predicted octanol–water partition coefficient (Wildman–Crippen LogP) is 2.75. The molecule has 0 fully saturated rings. The molecule has 25 heavy (non-hydrogen) atoms. The summed E-state index contributed by atoms with van der Waals surface area (Å²) in [6.45, 7) is 0. The van der Waals surface area contributed by atoms with Gasteiger partial charge in [-0.1, -0.05) is 17.7 Å². The summed E-state index contributed by atoms with van der Waals surface area (Å²) in [5.41, 5.74) is 3.09. The van der Waals surface area contributed by atoms with Crippen molar-refractivity contribution in [2.45, 2.75) is 0 Å². The fourth-order valence-corrected chi connectivity index (χ4v) is 2.61. The highest BCUT2D eigenvalue weighted by Gasteiger charge is 2.13. The number of hydrogen-bond donors (Lipinski definition) is 3. The Hall–Kier alpha value is -2.33. The van der Waals surface area contributed by atoms with Crippen LogP contribution in [0, 0.1) is 3.57 Å². The molecular weight excluding hydrogens is 461 g/mol. The van der Waals surface area contributed by atoms with Gasteiger partial charge in [-0.2, -0.15) is 5.10 Å². The lowest BCUT2D eigenvalue weighted by atomic mass is 10.2. The highest BCUT2D eigenvalue weighted by Crippen LogP contribution is 2.31. The molecule has 2 rings (SSSR count). The van der Waals surface area contributed by atoms with Crippen LogP contribution >= 0.6 is 34.2 Å². The molecular formula is C16H13ClIN3O4. The molecule has 2 aromatic carbocycles. The first-order valence-corrected chi connectivity index (χ1v) is 8.33.